The Balaban J connectivity index is 1.14. The molecule has 37 heavy (non-hydrogen) atoms. The van der Waals surface area contributed by atoms with Gasteiger partial charge in [0.25, 0.3) is 0 Å². The smallest absolute Gasteiger partial charge is 0.228 e. The number of benzene rings is 2. The number of carbonyl (C=O) groups is 2. The number of carbonyl (C=O) groups excluding carboxylic acids is 2. The lowest BCUT2D eigenvalue weighted by atomic mass is 10.1. The second-order valence-electron chi connectivity index (χ2n) is 9.40. The standard InChI is InChI=1S/C26H25FN8O2/c1-17-5-7-20(8-6-17)34-15-18(13-22(34)36)26(37)33-11-9-32(10-12-33)24-23-25(29-16-28-24)35(31-30-23)21-4-2-3-19(27)14-21/h2-8,14,16,18H,9-13,15H2,1H3. The van der Waals surface area contributed by atoms with E-state index < -0.39 is 0 Å². The van der Waals surface area contributed by atoms with Gasteiger partial charge in [-0.15, -0.1) is 5.10 Å². The third kappa shape index (κ3) is 4.26. The maximum absolute atomic E-state index is 13.7. The first kappa shape index (κ1) is 23.0. The molecule has 2 aromatic heterocycles. The Hall–Kier alpha value is -4.41. The van der Waals surface area contributed by atoms with Crippen LogP contribution in [0.5, 0.6) is 0 Å². The summed E-state index contributed by atoms with van der Waals surface area (Å²) in [7, 11) is 0. The second kappa shape index (κ2) is 9.23. The lowest BCUT2D eigenvalue weighted by Crippen LogP contribution is -2.51. The van der Waals surface area contributed by atoms with Gasteiger partial charge in [0.2, 0.25) is 11.8 Å². The highest BCUT2D eigenvalue weighted by Gasteiger charge is 2.38. The zero-order valence-electron chi connectivity index (χ0n) is 20.3. The Morgan fingerprint density at radius 2 is 1.78 bits per heavy atom. The molecule has 0 saturated carbocycles. The van der Waals surface area contributed by atoms with Gasteiger partial charge >= 0.3 is 0 Å². The highest BCUT2D eigenvalue weighted by molar-refractivity contribution is 6.00. The molecule has 0 bridgehead atoms. The van der Waals surface area contributed by atoms with Crippen molar-refractivity contribution in [3.05, 3.63) is 66.2 Å². The average Bonchev–Trinajstić information content (AvgIpc) is 3.53. The third-order valence-corrected chi connectivity index (χ3v) is 6.98. The number of hydrogen-bond donors (Lipinski definition) is 0. The molecule has 188 valence electrons. The van der Waals surface area contributed by atoms with Gasteiger partial charge in [-0.25, -0.2) is 14.4 Å². The SMILES string of the molecule is Cc1ccc(N2CC(C(=O)N3CCN(c4ncnc5c4nnn5-c4cccc(F)c4)CC3)CC2=O)cc1. The quantitative estimate of drug-likeness (QED) is 0.424. The minimum atomic E-state index is -0.373. The number of aryl methyl sites for hydroxylation is 1. The van der Waals surface area contributed by atoms with E-state index in [2.05, 4.69) is 25.2 Å². The fourth-order valence-electron chi connectivity index (χ4n) is 4.99. The summed E-state index contributed by atoms with van der Waals surface area (Å²) in [5.74, 6) is -0.112. The summed E-state index contributed by atoms with van der Waals surface area (Å²) in [4.78, 5) is 40.2. The van der Waals surface area contributed by atoms with Crippen LogP contribution in [0.1, 0.15) is 12.0 Å². The van der Waals surface area contributed by atoms with E-state index in [1.54, 1.807) is 17.0 Å². The van der Waals surface area contributed by atoms with Gasteiger partial charge in [-0.1, -0.05) is 29.0 Å². The predicted octanol–water partition coefficient (Wildman–Crippen LogP) is 2.36. The number of piperazine rings is 1. The summed E-state index contributed by atoms with van der Waals surface area (Å²) in [5, 5.41) is 8.44. The molecule has 0 spiro atoms. The molecule has 1 unspecified atom stereocenters. The van der Waals surface area contributed by atoms with Crippen molar-refractivity contribution in [2.45, 2.75) is 13.3 Å². The van der Waals surface area contributed by atoms with Crippen molar-refractivity contribution in [2.24, 2.45) is 5.92 Å². The minimum Gasteiger partial charge on any atom is -0.351 e. The van der Waals surface area contributed by atoms with Crippen LogP contribution in [0.25, 0.3) is 16.9 Å². The van der Waals surface area contributed by atoms with E-state index in [4.69, 9.17) is 0 Å². The molecule has 2 aromatic carbocycles. The van der Waals surface area contributed by atoms with E-state index in [0.717, 1.165) is 11.3 Å². The molecular formula is C26H25FN8O2. The number of hydrogen-bond acceptors (Lipinski definition) is 7. The van der Waals surface area contributed by atoms with E-state index in [1.165, 1.54) is 23.1 Å². The van der Waals surface area contributed by atoms with Gasteiger partial charge in [0.1, 0.15) is 12.1 Å². The maximum Gasteiger partial charge on any atom is 0.228 e. The van der Waals surface area contributed by atoms with Crippen molar-refractivity contribution in [1.82, 2.24) is 29.9 Å². The first-order valence-electron chi connectivity index (χ1n) is 12.2. The zero-order valence-corrected chi connectivity index (χ0v) is 20.3. The highest BCUT2D eigenvalue weighted by atomic mass is 19.1. The fraction of sp³-hybridized carbons (Fsp3) is 0.308. The van der Waals surface area contributed by atoms with Crippen LogP contribution in [0.15, 0.2) is 54.9 Å². The van der Waals surface area contributed by atoms with E-state index >= 15 is 0 Å². The first-order chi connectivity index (χ1) is 18.0. The maximum atomic E-state index is 13.7. The molecule has 2 fully saturated rings. The zero-order chi connectivity index (χ0) is 25.5. The lowest BCUT2D eigenvalue weighted by molar-refractivity contribution is -0.136. The molecule has 4 aromatic rings. The molecule has 2 aliphatic rings. The monoisotopic (exact) mass is 500 g/mol. The van der Waals surface area contributed by atoms with E-state index in [9.17, 15) is 14.0 Å². The van der Waals surface area contributed by atoms with Gasteiger partial charge < -0.3 is 14.7 Å². The van der Waals surface area contributed by atoms with Crippen LogP contribution in [0.2, 0.25) is 0 Å². The number of aromatic nitrogens is 5. The summed E-state index contributed by atoms with van der Waals surface area (Å²) >= 11 is 0. The largest absolute Gasteiger partial charge is 0.351 e. The second-order valence-corrected chi connectivity index (χ2v) is 9.40. The van der Waals surface area contributed by atoms with E-state index in [0.29, 0.717) is 55.4 Å². The highest BCUT2D eigenvalue weighted by Crippen LogP contribution is 2.28. The third-order valence-electron chi connectivity index (χ3n) is 6.98. The summed E-state index contributed by atoms with van der Waals surface area (Å²) < 4.78 is 15.2. The molecule has 4 heterocycles. The average molecular weight is 501 g/mol. The number of amides is 2. The molecule has 0 radical (unpaired) electrons. The van der Waals surface area contributed by atoms with Crippen molar-refractivity contribution >= 4 is 34.5 Å². The van der Waals surface area contributed by atoms with Crippen LogP contribution in [-0.2, 0) is 9.59 Å². The topological polar surface area (TPSA) is 100 Å². The summed E-state index contributed by atoms with van der Waals surface area (Å²) in [6.45, 7) is 4.55. The Morgan fingerprint density at radius 1 is 1.00 bits per heavy atom. The van der Waals surface area contributed by atoms with Crippen LogP contribution < -0.4 is 9.80 Å². The molecule has 2 amide bonds. The van der Waals surface area contributed by atoms with E-state index in [-0.39, 0.29) is 30.0 Å². The lowest BCUT2D eigenvalue weighted by Gasteiger charge is -2.36. The number of anilines is 2. The summed E-state index contributed by atoms with van der Waals surface area (Å²) in [6, 6.07) is 13.9. The normalized spacial score (nSPS) is 18.2. The first-order valence-corrected chi connectivity index (χ1v) is 12.2. The van der Waals surface area contributed by atoms with Gasteiger partial charge in [-0.05, 0) is 37.3 Å². The minimum absolute atomic E-state index is 0.00694. The fourth-order valence-corrected chi connectivity index (χ4v) is 4.99. The van der Waals surface area contributed by atoms with Crippen molar-refractivity contribution in [3.8, 4) is 5.69 Å². The van der Waals surface area contributed by atoms with Crippen molar-refractivity contribution in [2.75, 3.05) is 42.5 Å². The molecule has 0 N–H and O–H groups in total. The molecular weight excluding hydrogens is 475 g/mol. The van der Waals surface area contributed by atoms with Gasteiger partial charge in [-0.3, -0.25) is 9.59 Å². The number of rotatable bonds is 4. The predicted molar refractivity (Wildman–Crippen MR) is 135 cm³/mol. The summed E-state index contributed by atoms with van der Waals surface area (Å²) in [5.41, 5.74) is 3.47. The molecule has 6 rings (SSSR count). The Labute approximate surface area is 212 Å². The van der Waals surface area contributed by atoms with Gasteiger partial charge in [0.05, 0.1) is 11.6 Å². The van der Waals surface area contributed by atoms with Crippen molar-refractivity contribution < 1.29 is 14.0 Å². The molecule has 2 saturated heterocycles. The molecule has 1 atom stereocenters. The van der Waals surface area contributed by atoms with Gasteiger partial charge in [0, 0.05) is 44.8 Å². The number of nitrogens with zero attached hydrogens (tertiary/aromatic N) is 8. The number of fused-ring (bicyclic) bond motifs is 1. The number of halogens is 1. The summed E-state index contributed by atoms with van der Waals surface area (Å²) in [6.07, 6.45) is 1.67. The van der Waals surface area contributed by atoms with Crippen LogP contribution in [-0.4, -0.2) is 74.4 Å². The van der Waals surface area contributed by atoms with E-state index in [1.807, 2.05) is 36.1 Å². The Bertz CT molecular complexity index is 1480. The van der Waals surface area contributed by atoms with Crippen LogP contribution in [0, 0.1) is 18.7 Å². The van der Waals surface area contributed by atoms with Gasteiger partial charge in [-0.2, -0.15) is 4.68 Å². The molecule has 0 aliphatic carbocycles. The Morgan fingerprint density at radius 3 is 2.54 bits per heavy atom. The molecule has 2 aliphatic heterocycles. The van der Waals surface area contributed by atoms with Crippen LogP contribution in [0.4, 0.5) is 15.9 Å². The Kier molecular flexibility index (Phi) is 5.74. The van der Waals surface area contributed by atoms with Crippen molar-refractivity contribution in [1.29, 1.82) is 0 Å². The van der Waals surface area contributed by atoms with Crippen molar-refractivity contribution in [3.63, 3.8) is 0 Å². The molecule has 10 nitrogen and oxygen atoms in total. The van der Waals surface area contributed by atoms with Gasteiger partial charge in [0.15, 0.2) is 17.0 Å². The molecule has 11 heteroatoms. The van der Waals surface area contributed by atoms with Crippen LogP contribution >= 0.6 is 0 Å². The van der Waals surface area contributed by atoms with Crippen LogP contribution in [0.3, 0.4) is 0 Å².